The summed E-state index contributed by atoms with van der Waals surface area (Å²) in [5.74, 6) is -3.45. The Morgan fingerprint density at radius 1 is 0.952 bits per heavy atom. The lowest BCUT2D eigenvalue weighted by Crippen LogP contribution is -2.52. The summed E-state index contributed by atoms with van der Waals surface area (Å²) in [6.07, 6.45) is -9.30. The van der Waals surface area contributed by atoms with Gasteiger partial charge in [-0.05, 0) is 26.7 Å². The first kappa shape index (κ1) is 42.0. The van der Waals surface area contributed by atoms with E-state index in [0.717, 1.165) is 0 Å². The first-order valence-corrected chi connectivity index (χ1v) is 13.8. The third-order valence-electron chi connectivity index (χ3n) is 5.25. The predicted molar refractivity (Wildman–Crippen MR) is 137 cm³/mol. The number of aliphatic carboxylic acids is 1. The van der Waals surface area contributed by atoms with Crippen LogP contribution in [0.5, 0.6) is 0 Å². The van der Waals surface area contributed by atoms with Crippen molar-refractivity contribution in [3.63, 3.8) is 0 Å². The largest absolute Gasteiger partial charge is 0.481 e. The van der Waals surface area contributed by atoms with E-state index in [1.807, 2.05) is 0 Å². The molecule has 0 aromatic heterocycles. The van der Waals surface area contributed by atoms with Gasteiger partial charge in [-0.2, -0.15) is 0 Å². The lowest BCUT2D eigenvalue weighted by atomic mass is 9.98. The molecule has 0 amide bonds. The molecule has 0 radical (unpaired) electrons. The zero-order chi connectivity index (χ0) is 33.3. The molecular formula is C22H42NO18P. The number of aldehydes is 1. The maximum absolute atomic E-state index is 12.1. The molecule has 0 spiro atoms. The number of rotatable bonds is 20. The Bertz CT molecular complexity index is 877. The number of hydrogen-bond donors (Lipinski definition) is 11. The second kappa shape index (κ2) is 19.9. The number of carboxylic acids is 1. The highest BCUT2D eigenvalue weighted by Crippen LogP contribution is 2.36. The molecular weight excluding hydrogens is 597 g/mol. The van der Waals surface area contributed by atoms with Gasteiger partial charge in [-0.25, -0.2) is 4.57 Å². The van der Waals surface area contributed by atoms with Crippen LogP contribution in [0.25, 0.3) is 0 Å². The number of ether oxygens (including phenoxy) is 2. The van der Waals surface area contributed by atoms with E-state index in [0.29, 0.717) is 0 Å². The fourth-order valence-electron chi connectivity index (χ4n) is 2.94. The predicted octanol–water partition coefficient (Wildman–Crippen LogP) is -4.33. The Morgan fingerprint density at radius 3 is 1.93 bits per heavy atom. The van der Waals surface area contributed by atoms with Crippen LogP contribution >= 0.6 is 7.82 Å². The van der Waals surface area contributed by atoms with Crippen LogP contribution in [-0.2, 0) is 37.7 Å². The van der Waals surface area contributed by atoms with E-state index in [1.165, 1.54) is 13.8 Å². The van der Waals surface area contributed by atoms with Crippen LogP contribution in [0.4, 0.5) is 0 Å². The molecule has 12 N–H and O–H groups in total. The minimum Gasteiger partial charge on any atom is -0.481 e. The Balaban J connectivity index is 0. The lowest BCUT2D eigenvalue weighted by Gasteiger charge is -2.31. The highest BCUT2D eigenvalue weighted by atomic mass is 31.2. The van der Waals surface area contributed by atoms with Crippen molar-refractivity contribution in [2.45, 2.75) is 87.6 Å². The molecule has 0 saturated heterocycles. The van der Waals surface area contributed by atoms with Crippen molar-refractivity contribution < 1.29 is 88.4 Å². The zero-order valence-electron chi connectivity index (χ0n) is 23.1. The van der Waals surface area contributed by atoms with E-state index in [4.69, 9.17) is 45.4 Å². The summed E-state index contributed by atoms with van der Waals surface area (Å²) in [5.41, 5.74) is 2.26. The number of carbonyl (C=O) groups is 4. The molecule has 0 aliphatic rings. The fraction of sp³-hybridized carbons (Fsp3) is 0.818. The number of carboxylic acid groups (broad SMARTS) is 1. The fourth-order valence-corrected chi connectivity index (χ4v) is 3.27. The molecule has 0 rings (SSSR count). The molecule has 42 heavy (non-hydrogen) atoms. The van der Waals surface area contributed by atoms with Gasteiger partial charge in [0.25, 0.3) is 0 Å². The molecule has 20 heteroatoms. The van der Waals surface area contributed by atoms with Crippen LogP contribution < -0.4 is 5.73 Å². The average Bonchev–Trinajstić information content (AvgIpc) is 2.83. The minimum absolute atomic E-state index is 0.0285. The smallest absolute Gasteiger partial charge is 0.469 e. The van der Waals surface area contributed by atoms with Gasteiger partial charge in [0.2, 0.25) is 0 Å². The van der Waals surface area contributed by atoms with Crippen molar-refractivity contribution in [1.29, 1.82) is 0 Å². The summed E-state index contributed by atoms with van der Waals surface area (Å²) >= 11 is 0. The van der Waals surface area contributed by atoms with Gasteiger partial charge >= 0.3 is 25.7 Å². The van der Waals surface area contributed by atoms with Crippen LogP contribution in [0, 0.1) is 0 Å². The van der Waals surface area contributed by atoms with Gasteiger partial charge in [-0.3, -0.25) is 23.7 Å². The summed E-state index contributed by atoms with van der Waals surface area (Å²) in [6.45, 7) is 0.276. The Labute approximate surface area is 240 Å². The van der Waals surface area contributed by atoms with Gasteiger partial charge < -0.3 is 65.8 Å². The maximum atomic E-state index is 12.1. The van der Waals surface area contributed by atoms with E-state index >= 15 is 0 Å². The standard InChI is InChI=1S/C16H29NO11.C6H13O7P/c1-16(26,3-5-19)6-12(23)28-14(13(24)10(22)7-20)11(8-21)27-15(25)9(17)2-4-18;1-6(9,4-5(7)8)2-3-13-14(10,11)12/h8-11,13-14,18-20,22,24,26H,2-7,17H2,1H3;9H,2-4H2,1H3,(H,7,8)(H2,10,11,12)/t9-,10+,11-,13-,14+,16?;/m0./s1. The summed E-state index contributed by atoms with van der Waals surface area (Å²) < 4.78 is 24.0. The van der Waals surface area contributed by atoms with E-state index in [1.54, 1.807) is 0 Å². The second-order valence-corrected chi connectivity index (χ2v) is 10.9. The highest BCUT2D eigenvalue weighted by molar-refractivity contribution is 7.46. The summed E-state index contributed by atoms with van der Waals surface area (Å²) in [7, 11) is -4.54. The summed E-state index contributed by atoms with van der Waals surface area (Å²) in [6, 6.07) is -1.30. The minimum atomic E-state index is -4.54. The van der Waals surface area contributed by atoms with E-state index < -0.39 is 107 Å². The molecule has 248 valence electrons. The van der Waals surface area contributed by atoms with Crippen LogP contribution in [0.15, 0.2) is 0 Å². The second-order valence-electron chi connectivity index (χ2n) is 9.64. The highest BCUT2D eigenvalue weighted by Gasteiger charge is 2.40. The molecule has 0 aromatic carbocycles. The first-order valence-electron chi connectivity index (χ1n) is 12.3. The van der Waals surface area contributed by atoms with Crippen molar-refractivity contribution in [2.75, 3.05) is 26.4 Å². The van der Waals surface area contributed by atoms with Crippen LogP contribution in [-0.4, -0.2) is 143 Å². The molecule has 0 aliphatic heterocycles. The van der Waals surface area contributed by atoms with E-state index in [2.05, 4.69) is 4.52 Å². The van der Waals surface area contributed by atoms with Crippen molar-refractivity contribution in [2.24, 2.45) is 5.73 Å². The number of hydrogen-bond acceptors (Lipinski definition) is 16. The maximum Gasteiger partial charge on any atom is 0.469 e. The van der Waals surface area contributed by atoms with Crippen LogP contribution in [0.3, 0.4) is 0 Å². The number of esters is 2. The van der Waals surface area contributed by atoms with Gasteiger partial charge in [-0.15, -0.1) is 0 Å². The van der Waals surface area contributed by atoms with Gasteiger partial charge in [0.05, 0.1) is 37.3 Å². The number of phosphoric ester groups is 1. The molecule has 2 unspecified atom stereocenters. The number of nitrogens with two attached hydrogens (primary N) is 1. The summed E-state index contributed by atoms with van der Waals surface area (Å²) in [5, 5.41) is 74.0. The zero-order valence-corrected chi connectivity index (χ0v) is 24.0. The van der Waals surface area contributed by atoms with Crippen molar-refractivity contribution in [3.05, 3.63) is 0 Å². The number of phosphoric acid groups is 1. The molecule has 0 aromatic rings. The van der Waals surface area contributed by atoms with Crippen molar-refractivity contribution >= 4 is 32.0 Å². The number of carbonyl (C=O) groups excluding carboxylic acids is 3. The third-order valence-corrected chi connectivity index (χ3v) is 5.77. The molecule has 19 nitrogen and oxygen atoms in total. The SMILES string of the molecule is CC(O)(CCO)CC(=O)O[C@@H]([C@@H](O)[C@H](O)CO)[C@H](C=O)OC(=O)[C@@H](N)CCO.CC(O)(CCOP(=O)(O)O)CC(=O)O. The van der Waals surface area contributed by atoms with Crippen molar-refractivity contribution in [1.82, 2.24) is 0 Å². The Kier molecular flexibility index (Phi) is 19.9. The first-order chi connectivity index (χ1) is 19.1. The van der Waals surface area contributed by atoms with Gasteiger partial charge in [0, 0.05) is 19.6 Å². The number of aliphatic hydroxyl groups is 7. The molecule has 0 bridgehead atoms. The molecule has 7 atom stereocenters. The normalized spacial score (nSPS) is 18.0. The van der Waals surface area contributed by atoms with Gasteiger partial charge in [0.15, 0.2) is 18.5 Å². The lowest BCUT2D eigenvalue weighted by molar-refractivity contribution is -0.188. The number of aliphatic hydroxyl groups excluding tert-OH is 5. The quantitative estimate of drug-likeness (QED) is 0.0340. The molecule has 0 fully saturated rings. The molecule has 0 heterocycles. The Morgan fingerprint density at radius 2 is 1.50 bits per heavy atom. The molecule has 0 aliphatic carbocycles. The molecule has 0 saturated carbocycles. The van der Waals surface area contributed by atoms with Crippen LogP contribution in [0.1, 0.15) is 46.0 Å². The third kappa shape index (κ3) is 19.9. The van der Waals surface area contributed by atoms with Crippen molar-refractivity contribution in [3.8, 4) is 0 Å². The average molecular weight is 640 g/mol. The topological polar surface area (TPSA) is 341 Å². The summed E-state index contributed by atoms with van der Waals surface area (Å²) in [4.78, 5) is 62.1. The Hall–Kier alpha value is -2.13. The van der Waals surface area contributed by atoms with Gasteiger partial charge in [-0.1, -0.05) is 0 Å². The van der Waals surface area contributed by atoms with E-state index in [9.17, 15) is 44.2 Å². The monoisotopic (exact) mass is 639 g/mol. The van der Waals surface area contributed by atoms with Gasteiger partial charge in [0.1, 0.15) is 18.2 Å². The van der Waals surface area contributed by atoms with E-state index in [-0.39, 0.29) is 25.5 Å². The van der Waals surface area contributed by atoms with Crippen LogP contribution in [0.2, 0.25) is 0 Å².